The molecule has 1 aromatic heterocycles. The van der Waals surface area contributed by atoms with Gasteiger partial charge in [-0.2, -0.15) is 0 Å². The Morgan fingerprint density at radius 2 is 1.79 bits per heavy atom. The fourth-order valence-electron chi connectivity index (χ4n) is 2.75. The first-order chi connectivity index (χ1) is 14.1. The van der Waals surface area contributed by atoms with Gasteiger partial charge in [0.25, 0.3) is 5.56 Å². The molecule has 0 saturated carbocycles. The largest absolute Gasteiger partial charge is 0.494 e. The van der Waals surface area contributed by atoms with Crippen molar-refractivity contribution in [2.75, 3.05) is 32.7 Å². The van der Waals surface area contributed by atoms with Crippen LogP contribution >= 0.6 is 23.4 Å². The van der Waals surface area contributed by atoms with Crippen molar-refractivity contribution in [1.29, 1.82) is 0 Å². The van der Waals surface area contributed by atoms with Gasteiger partial charge in [-0.25, -0.2) is 4.98 Å². The summed E-state index contributed by atoms with van der Waals surface area (Å²) in [5.41, 5.74) is 0.491. The molecule has 0 aliphatic heterocycles. The molecule has 0 spiro atoms. The Morgan fingerprint density at radius 1 is 1.07 bits per heavy atom. The maximum atomic E-state index is 12.9. The van der Waals surface area contributed by atoms with E-state index in [9.17, 15) is 4.79 Å². The molecular formula is C21H23ClN2O4S. The Bertz CT molecular complexity index is 1010. The van der Waals surface area contributed by atoms with Crippen LogP contribution in [-0.2, 0) is 11.3 Å². The minimum atomic E-state index is -0.0985. The summed E-state index contributed by atoms with van der Waals surface area (Å²) in [6.45, 7) is 3.92. The number of fused-ring (bicyclic) bond motifs is 1. The van der Waals surface area contributed by atoms with Gasteiger partial charge in [0.05, 0.1) is 37.3 Å². The van der Waals surface area contributed by atoms with Crippen LogP contribution in [-0.4, -0.2) is 42.2 Å². The normalized spacial score (nSPS) is 11.0. The Kier molecular flexibility index (Phi) is 7.80. The van der Waals surface area contributed by atoms with Crippen molar-refractivity contribution in [3.63, 3.8) is 0 Å². The maximum absolute atomic E-state index is 12.9. The van der Waals surface area contributed by atoms with E-state index in [2.05, 4.69) is 4.98 Å². The van der Waals surface area contributed by atoms with Gasteiger partial charge < -0.3 is 14.2 Å². The minimum absolute atomic E-state index is 0.0985. The van der Waals surface area contributed by atoms with Crippen LogP contribution in [0.5, 0.6) is 11.5 Å². The number of rotatable bonds is 10. The Labute approximate surface area is 178 Å². The van der Waals surface area contributed by atoms with Gasteiger partial charge in [-0.05, 0) is 49.4 Å². The van der Waals surface area contributed by atoms with E-state index in [0.717, 1.165) is 11.5 Å². The fraction of sp³-hybridized carbons (Fsp3) is 0.333. The van der Waals surface area contributed by atoms with Crippen molar-refractivity contribution in [3.05, 3.63) is 57.8 Å². The number of nitrogens with zero attached hydrogens (tertiary/aromatic N) is 2. The monoisotopic (exact) mass is 434 g/mol. The number of hydrogen-bond donors (Lipinski definition) is 0. The van der Waals surface area contributed by atoms with Gasteiger partial charge >= 0.3 is 0 Å². The van der Waals surface area contributed by atoms with E-state index in [1.807, 2.05) is 31.2 Å². The zero-order chi connectivity index (χ0) is 20.6. The molecule has 154 valence electrons. The molecule has 29 heavy (non-hydrogen) atoms. The summed E-state index contributed by atoms with van der Waals surface area (Å²) in [4.78, 5) is 17.5. The summed E-state index contributed by atoms with van der Waals surface area (Å²) in [6.07, 6.45) is 0. The molecule has 0 aliphatic carbocycles. The lowest BCUT2D eigenvalue weighted by molar-refractivity contribution is 0.183. The van der Waals surface area contributed by atoms with Crippen LogP contribution in [0.1, 0.15) is 6.92 Å². The molecule has 0 radical (unpaired) electrons. The maximum Gasteiger partial charge on any atom is 0.262 e. The first-order valence-corrected chi connectivity index (χ1v) is 10.7. The zero-order valence-electron chi connectivity index (χ0n) is 16.4. The standard InChI is InChI=1S/C21H23ClN2O4S/c1-3-27-16-5-7-17(8-6-16)28-12-13-29-21-23-19-14-15(22)4-9-18(19)20(25)24(21)10-11-26-2/h4-9,14H,3,10-13H2,1-2H3. The number of hydrogen-bond acceptors (Lipinski definition) is 6. The van der Waals surface area contributed by atoms with Crippen molar-refractivity contribution in [2.45, 2.75) is 18.6 Å². The van der Waals surface area contributed by atoms with E-state index in [4.69, 9.17) is 25.8 Å². The highest BCUT2D eigenvalue weighted by Gasteiger charge is 2.12. The van der Waals surface area contributed by atoms with Crippen molar-refractivity contribution < 1.29 is 14.2 Å². The number of aromatic nitrogens is 2. The van der Waals surface area contributed by atoms with Crippen LogP contribution < -0.4 is 15.0 Å². The van der Waals surface area contributed by atoms with Crippen molar-refractivity contribution >= 4 is 34.3 Å². The highest BCUT2D eigenvalue weighted by Crippen LogP contribution is 2.21. The van der Waals surface area contributed by atoms with Crippen LogP contribution in [0.3, 0.4) is 0 Å². The molecule has 6 nitrogen and oxygen atoms in total. The smallest absolute Gasteiger partial charge is 0.262 e. The lowest BCUT2D eigenvalue weighted by atomic mass is 10.2. The second-order valence-electron chi connectivity index (χ2n) is 6.11. The van der Waals surface area contributed by atoms with E-state index in [1.165, 1.54) is 11.8 Å². The second-order valence-corrected chi connectivity index (χ2v) is 7.61. The quantitative estimate of drug-likeness (QED) is 0.270. The molecule has 2 aromatic carbocycles. The van der Waals surface area contributed by atoms with Crippen LogP contribution in [0.2, 0.25) is 5.02 Å². The lowest BCUT2D eigenvalue weighted by Crippen LogP contribution is -2.25. The topological polar surface area (TPSA) is 62.6 Å². The zero-order valence-corrected chi connectivity index (χ0v) is 18.0. The Morgan fingerprint density at radius 3 is 2.48 bits per heavy atom. The summed E-state index contributed by atoms with van der Waals surface area (Å²) in [5, 5.41) is 1.71. The molecular weight excluding hydrogens is 412 g/mol. The summed E-state index contributed by atoms with van der Waals surface area (Å²) in [6, 6.07) is 12.6. The first kappa shape index (κ1) is 21.5. The molecule has 0 aliphatic rings. The van der Waals surface area contributed by atoms with E-state index < -0.39 is 0 Å². The Balaban J connectivity index is 1.70. The summed E-state index contributed by atoms with van der Waals surface area (Å²) >= 11 is 7.53. The van der Waals surface area contributed by atoms with Crippen LogP contribution in [0.15, 0.2) is 52.4 Å². The van der Waals surface area contributed by atoms with E-state index in [1.54, 1.807) is 29.9 Å². The molecule has 0 unspecified atom stereocenters. The molecule has 0 amide bonds. The predicted molar refractivity (Wildman–Crippen MR) is 117 cm³/mol. The lowest BCUT2D eigenvalue weighted by Gasteiger charge is -2.13. The average molecular weight is 435 g/mol. The Hall–Kier alpha value is -2.22. The molecule has 0 bridgehead atoms. The fourth-order valence-corrected chi connectivity index (χ4v) is 3.76. The number of ether oxygens (including phenoxy) is 3. The van der Waals surface area contributed by atoms with Gasteiger partial charge in [0.15, 0.2) is 5.16 Å². The predicted octanol–water partition coefficient (Wildman–Crippen LogP) is 4.27. The van der Waals surface area contributed by atoms with Gasteiger partial charge in [-0.3, -0.25) is 9.36 Å². The minimum Gasteiger partial charge on any atom is -0.494 e. The highest BCUT2D eigenvalue weighted by molar-refractivity contribution is 7.99. The molecule has 0 N–H and O–H groups in total. The molecule has 0 fully saturated rings. The molecule has 0 atom stereocenters. The second kappa shape index (κ2) is 10.5. The number of methoxy groups -OCH3 is 1. The van der Waals surface area contributed by atoms with E-state index in [0.29, 0.717) is 53.2 Å². The SMILES string of the molecule is CCOc1ccc(OCCSc2nc3cc(Cl)ccc3c(=O)n2CCOC)cc1. The van der Waals surface area contributed by atoms with Crippen molar-refractivity contribution in [2.24, 2.45) is 0 Å². The molecule has 3 aromatic rings. The van der Waals surface area contributed by atoms with Gasteiger partial charge in [-0.15, -0.1) is 0 Å². The van der Waals surface area contributed by atoms with Gasteiger partial charge in [0.2, 0.25) is 0 Å². The molecule has 3 rings (SSSR count). The molecule has 8 heteroatoms. The van der Waals surface area contributed by atoms with Gasteiger partial charge in [0, 0.05) is 17.9 Å². The van der Waals surface area contributed by atoms with Crippen LogP contribution in [0.4, 0.5) is 0 Å². The number of halogens is 1. The third-order valence-electron chi connectivity index (χ3n) is 4.12. The number of thioether (sulfide) groups is 1. The van der Waals surface area contributed by atoms with E-state index >= 15 is 0 Å². The molecule has 1 heterocycles. The number of benzene rings is 2. The van der Waals surface area contributed by atoms with Gasteiger partial charge in [0.1, 0.15) is 11.5 Å². The summed E-state index contributed by atoms with van der Waals surface area (Å²) in [5.74, 6) is 2.22. The highest BCUT2D eigenvalue weighted by atomic mass is 35.5. The van der Waals surface area contributed by atoms with E-state index in [-0.39, 0.29) is 5.56 Å². The van der Waals surface area contributed by atoms with Gasteiger partial charge in [-0.1, -0.05) is 23.4 Å². The first-order valence-electron chi connectivity index (χ1n) is 9.30. The third-order valence-corrected chi connectivity index (χ3v) is 5.30. The van der Waals surface area contributed by atoms with Crippen LogP contribution in [0, 0.1) is 0 Å². The van der Waals surface area contributed by atoms with Crippen LogP contribution in [0.25, 0.3) is 10.9 Å². The van der Waals surface area contributed by atoms with Crippen molar-refractivity contribution in [1.82, 2.24) is 9.55 Å². The van der Waals surface area contributed by atoms with Crippen molar-refractivity contribution in [3.8, 4) is 11.5 Å². The average Bonchev–Trinajstić information content (AvgIpc) is 2.72. The molecule has 0 saturated heterocycles. The summed E-state index contributed by atoms with van der Waals surface area (Å²) in [7, 11) is 1.61. The third kappa shape index (κ3) is 5.65. The summed E-state index contributed by atoms with van der Waals surface area (Å²) < 4.78 is 18.0.